The van der Waals surface area contributed by atoms with Gasteiger partial charge in [-0.1, -0.05) is 19.1 Å². The maximum absolute atomic E-state index is 12.7. The highest BCUT2D eigenvalue weighted by molar-refractivity contribution is 5.76. The number of anilines is 3. The molecule has 1 saturated heterocycles. The van der Waals surface area contributed by atoms with Crippen molar-refractivity contribution >= 4 is 23.2 Å². The van der Waals surface area contributed by atoms with E-state index in [9.17, 15) is 14.4 Å². The van der Waals surface area contributed by atoms with Crippen LogP contribution in [0.3, 0.4) is 0 Å². The fourth-order valence-corrected chi connectivity index (χ4v) is 4.52. The van der Waals surface area contributed by atoms with Crippen LogP contribution < -0.4 is 21.5 Å². The standard InChI is InChI=1S/C27H34N6O3/c1-4-21-17-22(11-10-19(21)2)29-23-18-26(35)33(27(36)30-23)12-6-9-25(34)32-15-13-31(14-16-32)24-8-5-7-20(3)28-24/h5,7-8,10-11,17-18,29H,4,6,9,12-16H2,1-3H3,(H,30,36). The Morgan fingerprint density at radius 3 is 2.53 bits per heavy atom. The van der Waals surface area contributed by atoms with Gasteiger partial charge < -0.3 is 15.1 Å². The first-order valence-electron chi connectivity index (χ1n) is 12.5. The number of carbonyl (C=O) groups excluding carboxylic acids is 1. The minimum absolute atomic E-state index is 0.0423. The summed E-state index contributed by atoms with van der Waals surface area (Å²) < 4.78 is 1.15. The average Bonchev–Trinajstić information content (AvgIpc) is 2.87. The maximum Gasteiger partial charge on any atom is 0.329 e. The van der Waals surface area contributed by atoms with Gasteiger partial charge in [0, 0.05) is 56.6 Å². The molecule has 0 bridgehead atoms. The number of amides is 1. The molecule has 0 radical (unpaired) electrons. The summed E-state index contributed by atoms with van der Waals surface area (Å²) in [7, 11) is 0. The Morgan fingerprint density at radius 2 is 1.83 bits per heavy atom. The van der Waals surface area contributed by atoms with Crippen LogP contribution in [-0.2, 0) is 17.8 Å². The second-order valence-corrected chi connectivity index (χ2v) is 9.21. The number of aryl methyl sites for hydroxylation is 3. The molecule has 9 heteroatoms. The van der Waals surface area contributed by atoms with Crippen molar-refractivity contribution in [1.29, 1.82) is 0 Å². The van der Waals surface area contributed by atoms with E-state index >= 15 is 0 Å². The Labute approximate surface area is 210 Å². The number of nitrogens with one attached hydrogen (secondary N) is 2. The van der Waals surface area contributed by atoms with Crippen LogP contribution in [0.5, 0.6) is 0 Å². The summed E-state index contributed by atoms with van der Waals surface area (Å²) >= 11 is 0. The number of H-pyrrole nitrogens is 1. The number of carbonyl (C=O) groups is 1. The number of benzene rings is 1. The van der Waals surface area contributed by atoms with Gasteiger partial charge in [0.25, 0.3) is 5.56 Å². The highest BCUT2D eigenvalue weighted by Crippen LogP contribution is 2.18. The van der Waals surface area contributed by atoms with E-state index in [4.69, 9.17) is 0 Å². The highest BCUT2D eigenvalue weighted by Gasteiger charge is 2.21. The molecule has 0 atom stereocenters. The van der Waals surface area contributed by atoms with Gasteiger partial charge in [0.05, 0.1) is 0 Å². The molecule has 1 aromatic carbocycles. The van der Waals surface area contributed by atoms with Gasteiger partial charge in [-0.3, -0.25) is 19.1 Å². The number of pyridine rings is 1. The third-order valence-corrected chi connectivity index (χ3v) is 6.63. The number of nitrogens with zero attached hydrogens (tertiary/aromatic N) is 4. The molecule has 3 aromatic rings. The van der Waals surface area contributed by atoms with Crippen molar-refractivity contribution in [2.75, 3.05) is 36.4 Å². The molecule has 1 aliphatic rings. The summed E-state index contributed by atoms with van der Waals surface area (Å²) in [4.78, 5) is 49.2. The molecule has 2 N–H and O–H groups in total. The van der Waals surface area contributed by atoms with Gasteiger partial charge >= 0.3 is 5.69 Å². The lowest BCUT2D eigenvalue weighted by atomic mass is 10.1. The average molecular weight is 491 g/mol. The summed E-state index contributed by atoms with van der Waals surface area (Å²) in [6.07, 6.45) is 1.61. The lowest BCUT2D eigenvalue weighted by Crippen LogP contribution is -2.49. The van der Waals surface area contributed by atoms with Crippen molar-refractivity contribution in [1.82, 2.24) is 19.4 Å². The number of hydrogen-bond acceptors (Lipinski definition) is 6. The van der Waals surface area contributed by atoms with Crippen LogP contribution in [0.1, 0.15) is 36.6 Å². The quantitative estimate of drug-likeness (QED) is 0.503. The molecule has 9 nitrogen and oxygen atoms in total. The van der Waals surface area contributed by atoms with E-state index in [1.54, 1.807) is 0 Å². The van der Waals surface area contributed by atoms with E-state index in [1.165, 1.54) is 17.2 Å². The van der Waals surface area contributed by atoms with E-state index in [1.807, 2.05) is 48.2 Å². The monoisotopic (exact) mass is 490 g/mol. The van der Waals surface area contributed by atoms with Crippen LogP contribution in [0.15, 0.2) is 52.1 Å². The zero-order valence-electron chi connectivity index (χ0n) is 21.2. The smallest absolute Gasteiger partial charge is 0.329 e. The van der Waals surface area contributed by atoms with Crippen molar-refractivity contribution < 1.29 is 4.79 Å². The van der Waals surface area contributed by atoms with Gasteiger partial charge in [-0.15, -0.1) is 0 Å². The predicted octanol–water partition coefficient (Wildman–Crippen LogP) is 2.98. The van der Waals surface area contributed by atoms with Crippen molar-refractivity contribution in [3.63, 3.8) is 0 Å². The topological polar surface area (TPSA) is 103 Å². The first-order valence-corrected chi connectivity index (χ1v) is 12.5. The number of hydrogen-bond donors (Lipinski definition) is 2. The van der Waals surface area contributed by atoms with Gasteiger partial charge in [-0.25, -0.2) is 9.78 Å². The normalized spacial score (nSPS) is 13.6. The highest BCUT2D eigenvalue weighted by atomic mass is 16.2. The number of aromatic amines is 1. The summed E-state index contributed by atoms with van der Waals surface area (Å²) in [5.74, 6) is 1.33. The van der Waals surface area contributed by atoms with Crippen molar-refractivity contribution in [3.05, 3.63) is 80.1 Å². The van der Waals surface area contributed by atoms with Crippen molar-refractivity contribution in [2.24, 2.45) is 0 Å². The lowest BCUT2D eigenvalue weighted by Gasteiger charge is -2.35. The molecule has 190 valence electrons. The number of aromatic nitrogens is 3. The van der Waals surface area contributed by atoms with Gasteiger partial charge in [0.1, 0.15) is 11.6 Å². The van der Waals surface area contributed by atoms with E-state index in [-0.39, 0.29) is 18.9 Å². The van der Waals surface area contributed by atoms with E-state index in [0.29, 0.717) is 25.3 Å². The molecular formula is C27H34N6O3. The minimum atomic E-state index is -0.487. The van der Waals surface area contributed by atoms with E-state index < -0.39 is 11.2 Å². The Balaban J connectivity index is 1.29. The molecule has 2 aromatic heterocycles. The zero-order valence-corrected chi connectivity index (χ0v) is 21.2. The molecule has 1 fully saturated rings. The number of piperazine rings is 1. The zero-order chi connectivity index (χ0) is 25.7. The van der Waals surface area contributed by atoms with E-state index in [0.717, 1.165) is 41.3 Å². The molecule has 0 spiro atoms. The maximum atomic E-state index is 12.7. The Hall–Kier alpha value is -3.88. The summed E-state index contributed by atoms with van der Waals surface area (Å²) in [6.45, 7) is 9.03. The van der Waals surface area contributed by atoms with Crippen LogP contribution >= 0.6 is 0 Å². The van der Waals surface area contributed by atoms with E-state index in [2.05, 4.69) is 34.0 Å². The van der Waals surface area contributed by atoms with Crippen LogP contribution in [-0.4, -0.2) is 51.5 Å². The second-order valence-electron chi connectivity index (χ2n) is 9.21. The largest absolute Gasteiger partial charge is 0.353 e. The fourth-order valence-electron chi connectivity index (χ4n) is 4.52. The molecule has 1 amide bonds. The van der Waals surface area contributed by atoms with Crippen LogP contribution in [0.4, 0.5) is 17.3 Å². The Bertz CT molecular complexity index is 1310. The molecular weight excluding hydrogens is 456 g/mol. The Kier molecular flexibility index (Phi) is 7.87. The van der Waals surface area contributed by atoms with Gasteiger partial charge in [0.2, 0.25) is 5.91 Å². The summed E-state index contributed by atoms with van der Waals surface area (Å²) in [5.41, 5.74) is 3.31. The second kappa shape index (κ2) is 11.2. The van der Waals surface area contributed by atoms with Crippen LogP contribution in [0, 0.1) is 13.8 Å². The van der Waals surface area contributed by atoms with Crippen molar-refractivity contribution in [2.45, 2.75) is 46.6 Å². The molecule has 4 rings (SSSR count). The third kappa shape index (κ3) is 6.02. The van der Waals surface area contributed by atoms with Crippen molar-refractivity contribution in [3.8, 4) is 0 Å². The summed E-state index contributed by atoms with van der Waals surface area (Å²) in [6, 6.07) is 13.3. The SMILES string of the molecule is CCc1cc(Nc2cc(=O)n(CCCC(=O)N3CCN(c4cccc(C)n4)CC3)c(=O)[nH]2)ccc1C. The molecule has 3 heterocycles. The molecule has 0 unspecified atom stereocenters. The van der Waals surface area contributed by atoms with Gasteiger partial charge in [-0.2, -0.15) is 0 Å². The summed E-state index contributed by atoms with van der Waals surface area (Å²) in [5, 5.41) is 3.11. The first-order chi connectivity index (χ1) is 17.3. The first kappa shape index (κ1) is 25.2. The fraction of sp³-hybridized carbons (Fsp3) is 0.407. The van der Waals surface area contributed by atoms with Crippen LogP contribution in [0.25, 0.3) is 0 Å². The third-order valence-electron chi connectivity index (χ3n) is 6.63. The predicted molar refractivity (Wildman–Crippen MR) is 142 cm³/mol. The molecule has 0 saturated carbocycles. The molecule has 0 aliphatic carbocycles. The Morgan fingerprint density at radius 1 is 1.06 bits per heavy atom. The van der Waals surface area contributed by atoms with Crippen LogP contribution in [0.2, 0.25) is 0 Å². The molecule has 1 aliphatic heterocycles. The van der Waals surface area contributed by atoms with Gasteiger partial charge in [-0.05, 0) is 62.1 Å². The molecule has 36 heavy (non-hydrogen) atoms. The van der Waals surface area contributed by atoms with Gasteiger partial charge in [0.15, 0.2) is 0 Å². The lowest BCUT2D eigenvalue weighted by molar-refractivity contribution is -0.131. The minimum Gasteiger partial charge on any atom is -0.353 e. The number of rotatable bonds is 8.